The normalized spacial score (nSPS) is 21.3. The molecule has 1 aromatic carbocycles. The van der Waals surface area contributed by atoms with Crippen molar-refractivity contribution in [3.63, 3.8) is 0 Å². The van der Waals surface area contributed by atoms with E-state index in [0.717, 1.165) is 0 Å². The number of benzene rings is 1. The van der Waals surface area contributed by atoms with Gasteiger partial charge in [-0.25, -0.2) is 0 Å². The Morgan fingerprint density at radius 2 is 2.07 bits per heavy atom. The van der Waals surface area contributed by atoms with Gasteiger partial charge in [-0.05, 0) is 30.5 Å². The molecule has 0 amide bonds. The van der Waals surface area contributed by atoms with Gasteiger partial charge in [-0.15, -0.1) is 0 Å². The van der Waals surface area contributed by atoms with E-state index in [1.54, 1.807) is 11.1 Å². The molecule has 82 valence electrons. The number of likely N-dealkylation sites (N-methyl/N-ethyl adjacent to an activating group) is 1. The topological polar surface area (TPSA) is 3.24 Å². The van der Waals surface area contributed by atoms with E-state index in [1.165, 1.54) is 32.4 Å². The molecule has 0 saturated carbocycles. The van der Waals surface area contributed by atoms with Crippen LogP contribution in [0.15, 0.2) is 24.3 Å². The Kier molecular flexibility index (Phi) is 3.42. The molecule has 2 rings (SSSR count). The molecule has 0 saturated heterocycles. The van der Waals surface area contributed by atoms with E-state index in [2.05, 4.69) is 43.0 Å². The first-order valence-electron chi connectivity index (χ1n) is 6.18. The van der Waals surface area contributed by atoms with Crippen LogP contribution >= 0.6 is 0 Å². The minimum absolute atomic E-state index is 0.671. The molecule has 15 heavy (non-hydrogen) atoms. The monoisotopic (exact) mass is 203 g/mol. The van der Waals surface area contributed by atoms with Crippen LogP contribution in [0.2, 0.25) is 0 Å². The molecule has 0 aromatic heterocycles. The van der Waals surface area contributed by atoms with Gasteiger partial charge in [0.2, 0.25) is 0 Å². The third-order valence-electron chi connectivity index (χ3n) is 3.49. The van der Waals surface area contributed by atoms with Crippen LogP contribution in [-0.2, 0) is 6.42 Å². The molecule has 1 unspecified atom stereocenters. The SMILES string of the molecule is CCCC1c2ccccc2CCN1CC. The number of fused-ring (bicyclic) bond motifs is 1. The summed E-state index contributed by atoms with van der Waals surface area (Å²) in [4.78, 5) is 2.62. The average Bonchev–Trinajstić information content (AvgIpc) is 2.30. The maximum atomic E-state index is 2.62. The molecule has 1 aromatic rings. The number of hydrogen-bond acceptors (Lipinski definition) is 1. The number of nitrogens with zero attached hydrogens (tertiary/aromatic N) is 1. The summed E-state index contributed by atoms with van der Waals surface area (Å²) in [5.41, 5.74) is 3.15. The predicted molar refractivity (Wildman–Crippen MR) is 65.0 cm³/mol. The highest BCUT2D eigenvalue weighted by molar-refractivity contribution is 5.32. The smallest absolute Gasteiger partial charge is 0.0350 e. The quantitative estimate of drug-likeness (QED) is 0.727. The summed E-state index contributed by atoms with van der Waals surface area (Å²) in [6.07, 6.45) is 3.80. The predicted octanol–water partition coefficient (Wildman–Crippen LogP) is 3.41. The van der Waals surface area contributed by atoms with Gasteiger partial charge in [0.15, 0.2) is 0 Å². The van der Waals surface area contributed by atoms with E-state index in [4.69, 9.17) is 0 Å². The van der Waals surface area contributed by atoms with Gasteiger partial charge in [0, 0.05) is 12.6 Å². The summed E-state index contributed by atoms with van der Waals surface area (Å²) in [6.45, 7) is 6.97. The summed E-state index contributed by atoms with van der Waals surface area (Å²) in [5, 5.41) is 0. The average molecular weight is 203 g/mol. The fraction of sp³-hybridized carbons (Fsp3) is 0.571. The maximum absolute atomic E-state index is 2.62. The second-order valence-electron chi connectivity index (χ2n) is 4.38. The molecule has 1 aliphatic rings. The summed E-state index contributed by atoms with van der Waals surface area (Å²) in [5.74, 6) is 0. The van der Waals surface area contributed by atoms with Crippen LogP contribution in [0, 0.1) is 0 Å². The van der Waals surface area contributed by atoms with Gasteiger partial charge in [-0.1, -0.05) is 44.5 Å². The molecular formula is C14H21N. The zero-order chi connectivity index (χ0) is 10.7. The Balaban J connectivity index is 2.29. The Morgan fingerprint density at radius 3 is 2.80 bits per heavy atom. The van der Waals surface area contributed by atoms with Gasteiger partial charge in [0.05, 0.1) is 0 Å². The molecule has 1 aliphatic heterocycles. The molecule has 0 aliphatic carbocycles. The van der Waals surface area contributed by atoms with Crippen molar-refractivity contribution in [3.05, 3.63) is 35.4 Å². The second-order valence-corrected chi connectivity index (χ2v) is 4.38. The maximum Gasteiger partial charge on any atom is 0.0350 e. The van der Waals surface area contributed by atoms with Crippen LogP contribution < -0.4 is 0 Å². The van der Waals surface area contributed by atoms with E-state index in [-0.39, 0.29) is 0 Å². The van der Waals surface area contributed by atoms with Gasteiger partial charge in [0.1, 0.15) is 0 Å². The molecule has 1 nitrogen and oxygen atoms in total. The molecule has 1 heteroatoms. The lowest BCUT2D eigenvalue weighted by atomic mass is 9.90. The van der Waals surface area contributed by atoms with Crippen molar-refractivity contribution in [2.45, 2.75) is 39.2 Å². The van der Waals surface area contributed by atoms with Crippen LogP contribution in [-0.4, -0.2) is 18.0 Å². The van der Waals surface area contributed by atoms with Crippen LogP contribution in [0.4, 0.5) is 0 Å². The van der Waals surface area contributed by atoms with E-state index in [0.29, 0.717) is 6.04 Å². The summed E-state index contributed by atoms with van der Waals surface area (Å²) in [7, 11) is 0. The minimum atomic E-state index is 0.671. The molecular weight excluding hydrogens is 182 g/mol. The molecule has 0 fully saturated rings. The summed E-state index contributed by atoms with van der Waals surface area (Å²) in [6, 6.07) is 9.64. The van der Waals surface area contributed by atoms with Gasteiger partial charge in [0.25, 0.3) is 0 Å². The highest BCUT2D eigenvalue weighted by atomic mass is 15.2. The van der Waals surface area contributed by atoms with Crippen LogP contribution in [0.1, 0.15) is 43.9 Å². The third kappa shape index (κ3) is 2.07. The Labute approximate surface area is 93.1 Å². The van der Waals surface area contributed by atoms with Crippen molar-refractivity contribution in [3.8, 4) is 0 Å². The van der Waals surface area contributed by atoms with E-state index in [9.17, 15) is 0 Å². The lowest BCUT2D eigenvalue weighted by Gasteiger charge is -2.36. The van der Waals surface area contributed by atoms with Crippen LogP contribution in [0.3, 0.4) is 0 Å². The molecule has 0 radical (unpaired) electrons. The van der Waals surface area contributed by atoms with Crippen molar-refractivity contribution < 1.29 is 0 Å². The lowest BCUT2D eigenvalue weighted by molar-refractivity contribution is 0.184. The van der Waals surface area contributed by atoms with Gasteiger partial charge in [-0.3, -0.25) is 4.90 Å². The van der Waals surface area contributed by atoms with Crippen molar-refractivity contribution in [2.75, 3.05) is 13.1 Å². The molecule has 1 heterocycles. The Hall–Kier alpha value is -0.820. The van der Waals surface area contributed by atoms with E-state index >= 15 is 0 Å². The lowest BCUT2D eigenvalue weighted by Crippen LogP contribution is -2.35. The zero-order valence-electron chi connectivity index (χ0n) is 9.87. The highest BCUT2D eigenvalue weighted by Crippen LogP contribution is 2.32. The van der Waals surface area contributed by atoms with Crippen molar-refractivity contribution in [1.82, 2.24) is 4.90 Å². The van der Waals surface area contributed by atoms with Gasteiger partial charge < -0.3 is 0 Å². The highest BCUT2D eigenvalue weighted by Gasteiger charge is 2.24. The molecule has 1 atom stereocenters. The van der Waals surface area contributed by atoms with Gasteiger partial charge in [-0.2, -0.15) is 0 Å². The van der Waals surface area contributed by atoms with Crippen molar-refractivity contribution in [2.24, 2.45) is 0 Å². The standard InChI is InChI=1S/C14H21N/c1-3-7-14-13-9-6-5-8-12(13)10-11-15(14)4-2/h5-6,8-9,14H,3-4,7,10-11H2,1-2H3. The largest absolute Gasteiger partial charge is 0.296 e. The number of rotatable bonds is 3. The first-order chi connectivity index (χ1) is 7.36. The van der Waals surface area contributed by atoms with Crippen molar-refractivity contribution >= 4 is 0 Å². The van der Waals surface area contributed by atoms with E-state index in [1.807, 2.05) is 0 Å². The molecule has 0 bridgehead atoms. The fourth-order valence-corrected chi connectivity index (χ4v) is 2.69. The Morgan fingerprint density at radius 1 is 1.27 bits per heavy atom. The first-order valence-corrected chi connectivity index (χ1v) is 6.18. The van der Waals surface area contributed by atoms with E-state index < -0.39 is 0 Å². The summed E-state index contributed by atoms with van der Waals surface area (Å²) < 4.78 is 0. The van der Waals surface area contributed by atoms with Gasteiger partial charge >= 0.3 is 0 Å². The molecule has 0 spiro atoms. The molecule has 0 N–H and O–H groups in total. The fourth-order valence-electron chi connectivity index (χ4n) is 2.69. The number of hydrogen-bond donors (Lipinski definition) is 0. The third-order valence-corrected chi connectivity index (χ3v) is 3.49. The van der Waals surface area contributed by atoms with Crippen molar-refractivity contribution in [1.29, 1.82) is 0 Å². The summed E-state index contributed by atoms with van der Waals surface area (Å²) >= 11 is 0. The Bertz CT molecular complexity index is 319. The first kappa shape index (κ1) is 10.7. The zero-order valence-corrected chi connectivity index (χ0v) is 9.87. The minimum Gasteiger partial charge on any atom is -0.296 e. The van der Waals surface area contributed by atoms with Crippen LogP contribution in [0.5, 0.6) is 0 Å². The second kappa shape index (κ2) is 4.80. The van der Waals surface area contributed by atoms with Crippen LogP contribution in [0.25, 0.3) is 0 Å².